The number of hydrogen-bond donors (Lipinski definition) is 1. The van der Waals surface area contributed by atoms with Crippen molar-refractivity contribution in [3.8, 4) is 0 Å². The minimum atomic E-state index is 0.532. The first-order valence-corrected chi connectivity index (χ1v) is 6.20. The summed E-state index contributed by atoms with van der Waals surface area (Å²) in [5.41, 5.74) is 6.50. The molecule has 0 unspecified atom stereocenters. The Balaban J connectivity index is 1.81. The summed E-state index contributed by atoms with van der Waals surface area (Å²) >= 11 is 0. The Morgan fingerprint density at radius 1 is 1.47 bits per heavy atom. The number of nitrogens with two attached hydrogens (primary N) is 1. The van der Waals surface area contributed by atoms with E-state index in [2.05, 4.69) is 23.9 Å². The van der Waals surface area contributed by atoms with Crippen LogP contribution in [0, 0.1) is 5.41 Å². The average Bonchev–Trinajstić information content (AvgIpc) is 3.08. The third-order valence-corrected chi connectivity index (χ3v) is 3.77. The summed E-state index contributed by atoms with van der Waals surface area (Å²) in [4.78, 5) is 6.70. The van der Waals surface area contributed by atoms with E-state index in [0.29, 0.717) is 11.5 Å². The zero-order valence-corrected chi connectivity index (χ0v) is 10.00. The van der Waals surface area contributed by atoms with Gasteiger partial charge in [-0.25, -0.2) is 0 Å². The monoisotopic (exact) mass is 209 g/mol. The van der Waals surface area contributed by atoms with Crippen molar-refractivity contribution in [2.24, 2.45) is 16.1 Å². The summed E-state index contributed by atoms with van der Waals surface area (Å²) in [6.45, 7) is 3.20. The van der Waals surface area contributed by atoms with E-state index in [1.54, 1.807) is 0 Å². The summed E-state index contributed by atoms with van der Waals surface area (Å²) in [5, 5.41) is 0. The lowest BCUT2D eigenvalue weighted by molar-refractivity contribution is 0.454. The van der Waals surface area contributed by atoms with E-state index in [1.807, 2.05) is 0 Å². The molecule has 0 aromatic heterocycles. The first kappa shape index (κ1) is 10.8. The highest BCUT2D eigenvalue weighted by Crippen LogP contribution is 2.49. The molecule has 86 valence electrons. The molecule has 0 radical (unpaired) electrons. The summed E-state index contributed by atoms with van der Waals surface area (Å²) in [7, 11) is 2.07. The van der Waals surface area contributed by atoms with Crippen LogP contribution in [-0.4, -0.2) is 30.5 Å². The zero-order valence-electron chi connectivity index (χ0n) is 10.00. The first-order chi connectivity index (χ1) is 7.17. The Morgan fingerprint density at radius 2 is 2.13 bits per heavy atom. The molecule has 2 aliphatic carbocycles. The van der Waals surface area contributed by atoms with Crippen LogP contribution < -0.4 is 5.73 Å². The fourth-order valence-electron chi connectivity index (χ4n) is 2.20. The van der Waals surface area contributed by atoms with Gasteiger partial charge in [0.1, 0.15) is 0 Å². The summed E-state index contributed by atoms with van der Waals surface area (Å²) in [5.74, 6) is 0.750. The van der Waals surface area contributed by atoms with Gasteiger partial charge >= 0.3 is 0 Å². The van der Waals surface area contributed by atoms with Crippen LogP contribution in [0.5, 0.6) is 0 Å². The van der Waals surface area contributed by atoms with E-state index in [0.717, 1.165) is 12.5 Å². The Hall–Kier alpha value is -0.730. The second-order valence-electron chi connectivity index (χ2n) is 5.27. The van der Waals surface area contributed by atoms with Crippen LogP contribution in [0.1, 0.15) is 45.4 Å². The van der Waals surface area contributed by atoms with Crippen LogP contribution in [0.3, 0.4) is 0 Å². The molecule has 0 heterocycles. The van der Waals surface area contributed by atoms with E-state index in [-0.39, 0.29) is 0 Å². The van der Waals surface area contributed by atoms with Crippen LogP contribution in [-0.2, 0) is 0 Å². The maximum atomic E-state index is 5.97. The molecular formula is C12H23N3. The molecule has 0 atom stereocenters. The van der Waals surface area contributed by atoms with Gasteiger partial charge in [0.25, 0.3) is 0 Å². The van der Waals surface area contributed by atoms with Gasteiger partial charge < -0.3 is 10.6 Å². The quantitative estimate of drug-likeness (QED) is 0.555. The number of guanidine groups is 1. The third-order valence-electron chi connectivity index (χ3n) is 3.77. The van der Waals surface area contributed by atoms with Crippen molar-refractivity contribution in [2.45, 2.75) is 51.5 Å². The highest BCUT2D eigenvalue weighted by Gasteiger charge is 2.41. The minimum Gasteiger partial charge on any atom is -0.370 e. The molecule has 2 aliphatic rings. The van der Waals surface area contributed by atoms with Gasteiger partial charge in [0.15, 0.2) is 5.96 Å². The molecule has 0 bridgehead atoms. The molecule has 0 aromatic carbocycles. The maximum Gasteiger partial charge on any atom is 0.191 e. The number of nitrogens with zero attached hydrogens (tertiary/aromatic N) is 2. The molecule has 0 spiro atoms. The SMILES string of the molecule is CCCC1(CN=C(N)N(C)C2CC2)CC1. The van der Waals surface area contributed by atoms with Crippen LogP contribution in [0.4, 0.5) is 0 Å². The largest absolute Gasteiger partial charge is 0.370 e. The molecule has 2 fully saturated rings. The Kier molecular flexibility index (Phi) is 2.89. The van der Waals surface area contributed by atoms with Gasteiger partial charge in [0.05, 0.1) is 0 Å². The molecular weight excluding hydrogens is 186 g/mol. The van der Waals surface area contributed by atoms with Crippen LogP contribution in [0.15, 0.2) is 4.99 Å². The molecule has 0 aliphatic heterocycles. The number of rotatable bonds is 5. The van der Waals surface area contributed by atoms with Crippen molar-refractivity contribution in [1.82, 2.24) is 4.90 Å². The molecule has 0 saturated heterocycles. The van der Waals surface area contributed by atoms with Gasteiger partial charge in [-0.3, -0.25) is 4.99 Å². The van der Waals surface area contributed by atoms with Crippen molar-refractivity contribution in [3.05, 3.63) is 0 Å². The summed E-state index contributed by atoms with van der Waals surface area (Å²) < 4.78 is 0. The summed E-state index contributed by atoms with van der Waals surface area (Å²) in [6.07, 6.45) is 7.86. The van der Waals surface area contributed by atoms with Crippen molar-refractivity contribution in [1.29, 1.82) is 0 Å². The average molecular weight is 209 g/mol. The predicted molar refractivity (Wildman–Crippen MR) is 63.8 cm³/mol. The van der Waals surface area contributed by atoms with Crippen LogP contribution >= 0.6 is 0 Å². The van der Waals surface area contributed by atoms with E-state index in [1.165, 1.54) is 38.5 Å². The standard InChI is InChI=1S/C12H23N3/c1-3-6-12(7-8-12)9-14-11(13)15(2)10-4-5-10/h10H,3-9H2,1-2H3,(H2,13,14). The van der Waals surface area contributed by atoms with E-state index in [9.17, 15) is 0 Å². The maximum absolute atomic E-state index is 5.97. The van der Waals surface area contributed by atoms with Crippen molar-refractivity contribution >= 4 is 5.96 Å². The van der Waals surface area contributed by atoms with Crippen molar-refractivity contribution < 1.29 is 0 Å². The number of aliphatic imine (C=N–C) groups is 1. The molecule has 0 aromatic rings. The topological polar surface area (TPSA) is 41.6 Å². The Morgan fingerprint density at radius 3 is 2.60 bits per heavy atom. The highest BCUT2D eigenvalue weighted by molar-refractivity contribution is 5.78. The first-order valence-electron chi connectivity index (χ1n) is 6.20. The van der Waals surface area contributed by atoms with Gasteiger partial charge in [-0.05, 0) is 37.5 Å². The second kappa shape index (κ2) is 4.03. The molecule has 2 saturated carbocycles. The lowest BCUT2D eigenvalue weighted by atomic mass is 10.0. The predicted octanol–water partition coefficient (Wildman–Crippen LogP) is 1.98. The second-order valence-corrected chi connectivity index (χ2v) is 5.27. The van der Waals surface area contributed by atoms with E-state index >= 15 is 0 Å². The van der Waals surface area contributed by atoms with Crippen LogP contribution in [0.25, 0.3) is 0 Å². The Labute approximate surface area is 92.7 Å². The van der Waals surface area contributed by atoms with Crippen molar-refractivity contribution in [2.75, 3.05) is 13.6 Å². The molecule has 15 heavy (non-hydrogen) atoms. The van der Waals surface area contributed by atoms with Crippen molar-refractivity contribution in [3.63, 3.8) is 0 Å². The lowest BCUT2D eigenvalue weighted by Crippen LogP contribution is -2.36. The summed E-state index contributed by atoms with van der Waals surface area (Å²) in [6, 6.07) is 0.676. The van der Waals surface area contributed by atoms with Gasteiger partial charge in [0.2, 0.25) is 0 Å². The fourth-order valence-corrected chi connectivity index (χ4v) is 2.20. The lowest BCUT2D eigenvalue weighted by Gasteiger charge is -2.18. The molecule has 3 nitrogen and oxygen atoms in total. The third kappa shape index (κ3) is 2.64. The smallest absolute Gasteiger partial charge is 0.191 e. The minimum absolute atomic E-state index is 0.532. The van der Waals surface area contributed by atoms with Gasteiger partial charge in [-0.1, -0.05) is 13.3 Å². The normalized spacial score (nSPS) is 24.0. The molecule has 2 N–H and O–H groups in total. The number of hydrogen-bond acceptors (Lipinski definition) is 1. The van der Waals surface area contributed by atoms with Gasteiger partial charge in [-0.2, -0.15) is 0 Å². The Bertz CT molecular complexity index is 252. The molecule has 0 amide bonds. The molecule has 3 heteroatoms. The van der Waals surface area contributed by atoms with Gasteiger partial charge in [0, 0.05) is 19.6 Å². The zero-order chi connectivity index (χ0) is 10.9. The van der Waals surface area contributed by atoms with Gasteiger partial charge in [-0.15, -0.1) is 0 Å². The van der Waals surface area contributed by atoms with E-state index in [4.69, 9.17) is 5.73 Å². The highest BCUT2D eigenvalue weighted by atomic mass is 15.3. The van der Waals surface area contributed by atoms with E-state index < -0.39 is 0 Å². The fraction of sp³-hybridized carbons (Fsp3) is 0.917. The molecule has 2 rings (SSSR count). The van der Waals surface area contributed by atoms with Crippen LogP contribution in [0.2, 0.25) is 0 Å².